The summed E-state index contributed by atoms with van der Waals surface area (Å²) in [5.41, 5.74) is 6.99. The van der Waals surface area contributed by atoms with Crippen molar-refractivity contribution in [2.45, 2.75) is 6.42 Å². The molecule has 7 heteroatoms. The molecule has 28 heavy (non-hydrogen) atoms. The lowest BCUT2D eigenvalue weighted by Gasteiger charge is -2.20. The van der Waals surface area contributed by atoms with E-state index in [-0.39, 0.29) is 11.8 Å². The van der Waals surface area contributed by atoms with Gasteiger partial charge >= 0.3 is 0 Å². The van der Waals surface area contributed by atoms with E-state index in [1.165, 1.54) is 14.2 Å². The first-order valence-electron chi connectivity index (χ1n) is 9.19. The lowest BCUT2D eigenvalue weighted by molar-refractivity contribution is 0.0788. The number of carbonyl (C=O) groups excluding carboxylic acids is 2. The van der Waals surface area contributed by atoms with Gasteiger partial charge in [0, 0.05) is 24.7 Å². The summed E-state index contributed by atoms with van der Waals surface area (Å²) in [6.45, 7) is 1.80. The van der Waals surface area contributed by atoms with Crippen LogP contribution in [0.3, 0.4) is 0 Å². The molecule has 1 atom stereocenters. The molecule has 0 radical (unpaired) electrons. The van der Waals surface area contributed by atoms with Gasteiger partial charge < -0.3 is 25.4 Å². The van der Waals surface area contributed by atoms with Crippen molar-refractivity contribution in [2.75, 3.05) is 39.2 Å². The van der Waals surface area contributed by atoms with E-state index >= 15 is 0 Å². The van der Waals surface area contributed by atoms with Crippen LogP contribution in [0.1, 0.15) is 27.1 Å². The average molecular weight is 383 g/mol. The highest BCUT2D eigenvalue weighted by Gasteiger charge is 2.29. The summed E-state index contributed by atoms with van der Waals surface area (Å²) in [4.78, 5) is 27.6. The first-order chi connectivity index (χ1) is 13.6. The summed E-state index contributed by atoms with van der Waals surface area (Å²) in [5.74, 6) is 0.691. The van der Waals surface area contributed by atoms with Crippen LogP contribution in [0, 0.1) is 5.92 Å². The molecule has 1 aliphatic rings. The molecule has 2 aromatic rings. The van der Waals surface area contributed by atoms with E-state index in [0.29, 0.717) is 53.9 Å². The Bertz CT molecular complexity index is 854. The Labute approximate surface area is 164 Å². The van der Waals surface area contributed by atoms with Crippen LogP contribution in [0.4, 0.5) is 5.69 Å². The molecule has 1 saturated heterocycles. The van der Waals surface area contributed by atoms with Crippen LogP contribution in [0.25, 0.3) is 0 Å². The monoisotopic (exact) mass is 383 g/mol. The van der Waals surface area contributed by atoms with Crippen molar-refractivity contribution in [3.8, 4) is 11.5 Å². The number of amides is 2. The fourth-order valence-corrected chi connectivity index (χ4v) is 3.32. The molecule has 148 valence electrons. The van der Waals surface area contributed by atoms with Crippen LogP contribution in [-0.2, 0) is 0 Å². The van der Waals surface area contributed by atoms with E-state index in [9.17, 15) is 9.59 Å². The standard InChI is InChI=1S/C21H25N3O4/c1-27-18-10-16(21(26)24-9-8-14(12-22)13-24)17(11-19(18)28-2)23-20(25)15-6-4-3-5-7-15/h3-7,10-11,14H,8-9,12-13,22H2,1-2H3,(H,23,25). The summed E-state index contributed by atoms with van der Waals surface area (Å²) < 4.78 is 10.7. The lowest BCUT2D eigenvalue weighted by atomic mass is 10.1. The Morgan fingerprint density at radius 1 is 1.14 bits per heavy atom. The maximum atomic E-state index is 13.2. The fraction of sp³-hybridized carbons (Fsp3) is 0.333. The zero-order chi connectivity index (χ0) is 20.1. The van der Waals surface area contributed by atoms with Gasteiger partial charge in [-0.05, 0) is 37.1 Å². The molecule has 0 saturated carbocycles. The SMILES string of the molecule is COc1cc(NC(=O)c2ccccc2)c(C(=O)N2CCC(CN)C2)cc1OC. The van der Waals surface area contributed by atoms with Crippen molar-refractivity contribution in [2.24, 2.45) is 11.7 Å². The first kappa shape index (κ1) is 19.7. The number of nitrogens with one attached hydrogen (secondary N) is 1. The summed E-state index contributed by atoms with van der Waals surface area (Å²) in [5, 5.41) is 2.84. The lowest BCUT2D eigenvalue weighted by Crippen LogP contribution is -2.31. The molecule has 0 aliphatic carbocycles. The number of ether oxygens (including phenoxy) is 2. The number of nitrogens with two attached hydrogens (primary N) is 1. The zero-order valence-corrected chi connectivity index (χ0v) is 16.1. The molecule has 3 N–H and O–H groups in total. The zero-order valence-electron chi connectivity index (χ0n) is 16.1. The number of hydrogen-bond acceptors (Lipinski definition) is 5. The minimum atomic E-state index is -0.303. The smallest absolute Gasteiger partial charge is 0.256 e. The second-order valence-corrected chi connectivity index (χ2v) is 6.71. The van der Waals surface area contributed by atoms with Crippen LogP contribution in [0.2, 0.25) is 0 Å². The third-order valence-corrected chi connectivity index (χ3v) is 4.94. The Balaban J connectivity index is 1.95. The van der Waals surface area contributed by atoms with Crippen molar-refractivity contribution >= 4 is 17.5 Å². The first-order valence-corrected chi connectivity index (χ1v) is 9.19. The number of anilines is 1. The van der Waals surface area contributed by atoms with Crippen molar-refractivity contribution in [1.29, 1.82) is 0 Å². The number of carbonyl (C=O) groups is 2. The van der Waals surface area contributed by atoms with Crippen LogP contribution in [0.15, 0.2) is 42.5 Å². The average Bonchev–Trinajstić information content (AvgIpc) is 3.22. The van der Waals surface area contributed by atoms with Gasteiger partial charge in [0.25, 0.3) is 11.8 Å². The second kappa shape index (κ2) is 8.75. The van der Waals surface area contributed by atoms with E-state index in [2.05, 4.69) is 5.32 Å². The number of rotatable bonds is 6. The highest BCUT2D eigenvalue weighted by atomic mass is 16.5. The van der Waals surface area contributed by atoms with Gasteiger partial charge in [-0.2, -0.15) is 0 Å². The predicted molar refractivity (Wildman–Crippen MR) is 107 cm³/mol. The number of benzene rings is 2. The van der Waals surface area contributed by atoms with E-state index in [1.807, 2.05) is 6.07 Å². The van der Waals surface area contributed by atoms with E-state index in [4.69, 9.17) is 15.2 Å². The number of nitrogens with zero attached hydrogens (tertiary/aromatic N) is 1. The normalized spacial score (nSPS) is 16.0. The van der Waals surface area contributed by atoms with Crippen molar-refractivity contribution in [3.05, 3.63) is 53.6 Å². The Hall–Kier alpha value is -3.06. The van der Waals surface area contributed by atoms with Crippen molar-refractivity contribution in [1.82, 2.24) is 4.90 Å². The van der Waals surface area contributed by atoms with Gasteiger partial charge in [-0.15, -0.1) is 0 Å². The fourth-order valence-electron chi connectivity index (χ4n) is 3.32. The minimum Gasteiger partial charge on any atom is -0.493 e. The molecule has 1 aliphatic heterocycles. The van der Waals surface area contributed by atoms with E-state index in [1.54, 1.807) is 41.3 Å². The van der Waals surface area contributed by atoms with Gasteiger partial charge in [-0.1, -0.05) is 18.2 Å². The third kappa shape index (κ3) is 4.09. The predicted octanol–water partition coefficient (Wildman–Crippen LogP) is 2.38. The largest absolute Gasteiger partial charge is 0.493 e. The minimum absolute atomic E-state index is 0.166. The molecule has 7 nitrogen and oxygen atoms in total. The molecule has 1 heterocycles. The summed E-state index contributed by atoms with van der Waals surface area (Å²) in [6, 6.07) is 12.1. The van der Waals surface area contributed by atoms with Crippen LogP contribution in [0.5, 0.6) is 11.5 Å². The third-order valence-electron chi connectivity index (χ3n) is 4.94. The quantitative estimate of drug-likeness (QED) is 0.799. The molecular weight excluding hydrogens is 358 g/mol. The van der Waals surface area contributed by atoms with Gasteiger partial charge in [-0.25, -0.2) is 0 Å². The maximum Gasteiger partial charge on any atom is 0.256 e. The van der Waals surface area contributed by atoms with E-state index < -0.39 is 0 Å². The molecule has 0 aromatic heterocycles. The molecule has 0 bridgehead atoms. The van der Waals surface area contributed by atoms with Crippen LogP contribution in [-0.4, -0.2) is 50.6 Å². The summed E-state index contributed by atoms with van der Waals surface area (Å²) >= 11 is 0. The van der Waals surface area contributed by atoms with Gasteiger partial charge in [0.15, 0.2) is 11.5 Å². The molecular formula is C21H25N3O4. The maximum absolute atomic E-state index is 13.2. The molecule has 2 amide bonds. The van der Waals surface area contributed by atoms with Gasteiger partial charge in [0.05, 0.1) is 25.5 Å². The van der Waals surface area contributed by atoms with Crippen molar-refractivity contribution < 1.29 is 19.1 Å². The highest BCUT2D eigenvalue weighted by molar-refractivity contribution is 6.09. The molecule has 1 unspecified atom stereocenters. The molecule has 2 aromatic carbocycles. The Morgan fingerprint density at radius 2 is 1.82 bits per heavy atom. The van der Waals surface area contributed by atoms with Crippen LogP contribution >= 0.6 is 0 Å². The molecule has 3 rings (SSSR count). The van der Waals surface area contributed by atoms with Crippen molar-refractivity contribution in [3.63, 3.8) is 0 Å². The second-order valence-electron chi connectivity index (χ2n) is 6.71. The van der Waals surface area contributed by atoms with Crippen LogP contribution < -0.4 is 20.5 Å². The Kier molecular flexibility index (Phi) is 6.16. The molecule has 0 spiro atoms. The summed E-state index contributed by atoms with van der Waals surface area (Å²) in [6.07, 6.45) is 0.876. The van der Waals surface area contributed by atoms with E-state index in [0.717, 1.165) is 6.42 Å². The number of methoxy groups -OCH3 is 2. The summed E-state index contributed by atoms with van der Waals surface area (Å²) in [7, 11) is 3.02. The van der Waals surface area contributed by atoms with Gasteiger partial charge in [0.1, 0.15) is 0 Å². The topological polar surface area (TPSA) is 93.9 Å². The number of hydrogen-bond donors (Lipinski definition) is 2. The Morgan fingerprint density at radius 3 is 2.43 bits per heavy atom. The number of likely N-dealkylation sites (tertiary alicyclic amines) is 1. The molecule has 1 fully saturated rings. The van der Waals surface area contributed by atoms with Gasteiger partial charge in [-0.3, -0.25) is 9.59 Å². The highest BCUT2D eigenvalue weighted by Crippen LogP contribution is 2.35. The van der Waals surface area contributed by atoms with Gasteiger partial charge in [0.2, 0.25) is 0 Å².